The van der Waals surface area contributed by atoms with Crippen molar-refractivity contribution in [3.63, 3.8) is 0 Å². The smallest absolute Gasteiger partial charge is 0.269 e. The number of aromatic nitrogens is 3. The van der Waals surface area contributed by atoms with Crippen LogP contribution in [0.3, 0.4) is 0 Å². The second-order valence-electron chi connectivity index (χ2n) is 6.78. The fourth-order valence-electron chi connectivity index (χ4n) is 3.52. The molecule has 2 aromatic heterocycles. The summed E-state index contributed by atoms with van der Waals surface area (Å²) in [6.45, 7) is 1.88. The van der Waals surface area contributed by atoms with Gasteiger partial charge in [0.25, 0.3) is 11.5 Å². The van der Waals surface area contributed by atoms with Crippen LogP contribution in [0.5, 0.6) is 0 Å². The van der Waals surface area contributed by atoms with Crippen LogP contribution in [0.4, 0.5) is 4.39 Å². The maximum Gasteiger partial charge on any atom is 0.269 e. The number of aromatic amines is 2. The quantitative estimate of drug-likeness (QED) is 0.563. The van der Waals surface area contributed by atoms with Crippen LogP contribution in [0.1, 0.15) is 40.4 Å². The predicted octanol–water partition coefficient (Wildman–Crippen LogP) is 1.79. The van der Waals surface area contributed by atoms with Gasteiger partial charge in [-0.3, -0.25) is 14.7 Å². The summed E-state index contributed by atoms with van der Waals surface area (Å²) in [5, 5.41) is 13.6. The third-order valence-electron chi connectivity index (χ3n) is 4.96. The Kier molecular flexibility index (Phi) is 4.72. The summed E-state index contributed by atoms with van der Waals surface area (Å²) in [5.74, 6) is -0.466. The van der Waals surface area contributed by atoms with Gasteiger partial charge in [0, 0.05) is 30.1 Å². The van der Waals surface area contributed by atoms with Crippen LogP contribution in [0.15, 0.2) is 35.3 Å². The number of halogens is 1. The van der Waals surface area contributed by atoms with E-state index >= 15 is 0 Å². The van der Waals surface area contributed by atoms with Crippen LogP contribution in [0.2, 0.25) is 0 Å². The van der Waals surface area contributed by atoms with Crippen molar-refractivity contribution >= 4 is 16.8 Å². The number of carbonyl (C=O) groups is 1. The third kappa shape index (κ3) is 3.61. The highest BCUT2D eigenvalue weighted by molar-refractivity contribution is 5.93. The molecule has 1 aromatic carbocycles. The molecule has 1 amide bonds. The molecule has 0 spiro atoms. The Bertz CT molecular complexity index is 1040. The van der Waals surface area contributed by atoms with Gasteiger partial charge in [-0.25, -0.2) is 4.39 Å². The largest absolute Gasteiger partial charge is 0.346 e. The molecule has 140 valence electrons. The number of nitrogens with zero attached hydrogens (tertiary/aromatic N) is 1. The molecule has 1 unspecified atom stereocenters. The average Bonchev–Trinajstić information content (AvgIpc) is 3.17. The lowest BCUT2D eigenvalue weighted by atomic mass is 9.92. The molecule has 1 aliphatic heterocycles. The van der Waals surface area contributed by atoms with E-state index in [-0.39, 0.29) is 23.9 Å². The van der Waals surface area contributed by atoms with E-state index in [0.29, 0.717) is 22.2 Å². The molecule has 4 N–H and O–H groups in total. The Hall–Kier alpha value is -3.00. The summed E-state index contributed by atoms with van der Waals surface area (Å²) in [6.07, 6.45) is 3.77. The molecular formula is C19H20FN5O2. The van der Waals surface area contributed by atoms with Crippen LogP contribution < -0.4 is 16.2 Å². The maximum atomic E-state index is 13.3. The van der Waals surface area contributed by atoms with E-state index in [1.165, 1.54) is 12.1 Å². The number of pyridine rings is 1. The van der Waals surface area contributed by atoms with Crippen molar-refractivity contribution in [2.24, 2.45) is 0 Å². The molecule has 1 saturated heterocycles. The summed E-state index contributed by atoms with van der Waals surface area (Å²) in [5.41, 5.74) is 1.80. The Morgan fingerprint density at radius 2 is 2.22 bits per heavy atom. The Morgan fingerprint density at radius 1 is 1.33 bits per heavy atom. The number of hydrogen-bond acceptors (Lipinski definition) is 4. The fourth-order valence-corrected chi connectivity index (χ4v) is 3.52. The number of benzene rings is 1. The van der Waals surface area contributed by atoms with Gasteiger partial charge in [0.15, 0.2) is 0 Å². The SMILES string of the molecule is O=C(NCc1cc2ccc(F)cc2[nH]c1=O)c1[nH]ncc1C1CCCNC1. The Labute approximate surface area is 154 Å². The molecule has 4 rings (SSSR count). The minimum absolute atomic E-state index is 0.0723. The van der Waals surface area contributed by atoms with Crippen molar-refractivity contribution in [1.29, 1.82) is 0 Å². The minimum atomic E-state index is -0.414. The second-order valence-corrected chi connectivity index (χ2v) is 6.78. The van der Waals surface area contributed by atoms with Gasteiger partial charge in [-0.1, -0.05) is 0 Å². The molecule has 1 aliphatic rings. The summed E-state index contributed by atoms with van der Waals surface area (Å²) >= 11 is 0. The molecule has 3 heterocycles. The van der Waals surface area contributed by atoms with Crippen molar-refractivity contribution in [2.45, 2.75) is 25.3 Å². The molecular weight excluding hydrogens is 349 g/mol. The van der Waals surface area contributed by atoms with Gasteiger partial charge >= 0.3 is 0 Å². The monoisotopic (exact) mass is 369 g/mol. The number of nitrogens with one attached hydrogen (secondary N) is 4. The number of piperidine rings is 1. The average molecular weight is 369 g/mol. The first kappa shape index (κ1) is 17.4. The Morgan fingerprint density at radius 3 is 3.04 bits per heavy atom. The number of carbonyl (C=O) groups excluding carboxylic acids is 1. The van der Waals surface area contributed by atoms with Crippen LogP contribution >= 0.6 is 0 Å². The molecule has 1 atom stereocenters. The summed E-state index contributed by atoms with van der Waals surface area (Å²) in [4.78, 5) is 27.4. The highest BCUT2D eigenvalue weighted by Gasteiger charge is 2.23. The van der Waals surface area contributed by atoms with Crippen LogP contribution in [-0.4, -0.2) is 34.2 Å². The van der Waals surface area contributed by atoms with E-state index in [1.54, 1.807) is 18.3 Å². The van der Waals surface area contributed by atoms with Gasteiger partial charge in [-0.2, -0.15) is 5.10 Å². The van der Waals surface area contributed by atoms with Gasteiger partial charge in [-0.05, 0) is 49.0 Å². The van der Waals surface area contributed by atoms with Gasteiger partial charge in [0.1, 0.15) is 11.5 Å². The lowest BCUT2D eigenvalue weighted by molar-refractivity contribution is 0.0944. The highest BCUT2D eigenvalue weighted by atomic mass is 19.1. The van der Waals surface area contributed by atoms with E-state index in [1.807, 2.05) is 0 Å². The van der Waals surface area contributed by atoms with Gasteiger partial charge in [0.2, 0.25) is 0 Å². The zero-order chi connectivity index (χ0) is 18.8. The van der Waals surface area contributed by atoms with E-state index in [2.05, 4.69) is 25.8 Å². The number of H-pyrrole nitrogens is 2. The molecule has 27 heavy (non-hydrogen) atoms. The zero-order valence-electron chi connectivity index (χ0n) is 14.6. The fraction of sp³-hybridized carbons (Fsp3) is 0.316. The van der Waals surface area contributed by atoms with Gasteiger partial charge in [0.05, 0.1) is 11.7 Å². The lowest BCUT2D eigenvalue weighted by Crippen LogP contribution is -2.31. The molecule has 0 radical (unpaired) electrons. The first-order valence-electron chi connectivity index (χ1n) is 8.95. The van der Waals surface area contributed by atoms with E-state index < -0.39 is 5.82 Å². The second kappa shape index (κ2) is 7.32. The minimum Gasteiger partial charge on any atom is -0.346 e. The van der Waals surface area contributed by atoms with Gasteiger partial charge < -0.3 is 15.6 Å². The van der Waals surface area contributed by atoms with Crippen LogP contribution in [-0.2, 0) is 6.54 Å². The highest BCUT2D eigenvalue weighted by Crippen LogP contribution is 2.25. The predicted molar refractivity (Wildman–Crippen MR) is 99.1 cm³/mol. The standard InChI is InChI=1S/C19H20FN5O2/c20-14-4-3-11-6-13(18(26)24-16(11)7-14)9-22-19(27)17-15(10-23-25-17)12-2-1-5-21-8-12/h3-4,6-7,10,12,21H,1-2,5,8-9H2,(H,22,27)(H,23,25)(H,24,26). The van der Waals surface area contributed by atoms with Crippen LogP contribution in [0.25, 0.3) is 10.9 Å². The number of fused-ring (bicyclic) bond motifs is 1. The first-order valence-corrected chi connectivity index (χ1v) is 8.95. The topological polar surface area (TPSA) is 103 Å². The van der Waals surface area contributed by atoms with Crippen LogP contribution in [0, 0.1) is 5.82 Å². The number of rotatable bonds is 4. The molecule has 1 fully saturated rings. The third-order valence-corrected chi connectivity index (χ3v) is 4.96. The molecule has 8 heteroatoms. The molecule has 0 bridgehead atoms. The summed E-state index contributed by atoms with van der Waals surface area (Å²) < 4.78 is 13.3. The molecule has 7 nitrogen and oxygen atoms in total. The van der Waals surface area contributed by atoms with E-state index in [9.17, 15) is 14.0 Å². The Balaban J connectivity index is 1.51. The van der Waals surface area contributed by atoms with Crippen molar-refractivity contribution in [3.05, 3.63) is 63.5 Å². The molecule has 0 aliphatic carbocycles. The number of hydrogen-bond donors (Lipinski definition) is 4. The van der Waals surface area contributed by atoms with Crippen molar-refractivity contribution in [2.75, 3.05) is 13.1 Å². The molecule has 3 aromatic rings. The normalized spacial score (nSPS) is 17.1. The summed E-state index contributed by atoms with van der Waals surface area (Å²) in [7, 11) is 0. The first-order chi connectivity index (χ1) is 13.1. The lowest BCUT2D eigenvalue weighted by Gasteiger charge is -2.22. The van der Waals surface area contributed by atoms with E-state index in [4.69, 9.17) is 0 Å². The maximum absolute atomic E-state index is 13.3. The van der Waals surface area contributed by atoms with Crippen molar-refractivity contribution in [3.8, 4) is 0 Å². The zero-order valence-corrected chi connectivity index (χ0v) is 14.6. The number of amides is 1. The van der Waals surface area contributed by atoms with Crippen molar-refractivity contribution < 1.29 is 9.18 Å². The van der Waals surface area contributed by atoms with Gasteiger partial charge in [-0.15, -0.1) is 0 Å². The molecule has 0 saturated carbocycles. The van der Waals surface area contributed by atoms with Crippen molar-refractivity contribution in [1.82, 2.24) is 25.8 Å². The summed E-state index contributed by atoms with van der Waals surface area (Å²) in [6, 6.07) is 5.86. The van der Waals surface area contributed by atoms with E-state index in [0.717, 1.165) is 31.5 Å².